The van der Waals surface area contributed by atoms with E-state index in [1.807, 2.05) is 54.2 Å². The van der Waals surface area contributed by atoms with Crippen molar-refractivity contribution in [2.75, 3.05) is 32.8 Å². The quantitative estimate of drug-likeness (QED) is 0.721. The van der Waals surface area contributed by atoms with Gasteiger partial charge < -0.3 is 10.0 Å². The van der Waals surface area contributed by atoms with E-state index in [0.29, 0.717) is 12.6 Å². The number of allylic oxidation sites excluding steroid dienone is 6. The van der Waals surface area contributed by atoms with Gasteiger partial charge in [0.25, 0.3) is 5.91 Å². The van der Waals surface area contributed by atoms with Crippen LogP contribution in [0.3, 0.4) is 0 Å². The molecule has 0 spiro atoms. The Balaban J connectivity index is 1.42. The minimum atomic E-state index is -0.105. The van der Waals surface area contributed by atoms with Gasteiger partial charge in [0.05, 0.1) is 41.1 Å². The highest BCUT2D eigenvalue weighted by atomic mass is 16.3. The maximum atomic E-state index is 13.4. The summed E-state index contributed by atoms with van der Waals surface area (Å²) in [4.78, 5) is 24.4. The van der Waals surface area contributed by atoms with Crippen LogP contribution in [-0.2, 0) is 11.2 Å². The van der Waals surface area contributed by atoms with E-state index >= 15 is 0 Å². The highest BCUT2D eigenvalue weighted by Gasteiger charge is 2.27. The molecule has 2 aromatic heterocycles. The van der Waals surface area contributed by atoms with Crippen LogP contribution in [0.4, 0.5) is 0 Å². The van der Waals surface area contributed by atoms with Crippen molar-refractivity contribution in [1.29, 1.82) is 0 Å². The number of fused-ring (bicyclic) bond motifs is 2. The number of amides is 1. The standard InChI is InChI=1S/C27H32N6O2/c1-4-24-26-15-25(29-33(26)16-19(2)28-24)21-6-5-7-22-8-9-23(18-32(22)27(35)14-21)31-11-10-30(12-13-34)20(3)17-31/h5-9,14-16,18,20,34H,4,10-13,17H2,1-3H3/b6-5?,21-14?,22-7+/t20-/m1/s1. The number of aliphatic hydroxyl groups is 1. The molecule has 5 rings (SSSR count). The van der Waals surface area contributed by atoms with E-state index in [1.165, 1.54) is 0 Å². The van der Waals surface area contributed by atoms with Crippen LogP contribution in [0, 0.1) is 6.92 Å². The average molecular weight is 473 g/mol. The molecule has 1 amide bonds. The highest BCUT2D eigenvalue weighted by Crippen LogP contribution is 2.26. The normalized spacial score (nSPS) is 22.5. The van der Waals surface area contributed by atoms with Crippen molar-refractivity contribution in [1.82, 2.24) is 29.3 Å². The van der Waals surface area contributed by atoms with Crippen LogP contribution in [0.15, 0.2) is 66.3 Å². The topological polar surface area (TPSA) is 77.2 Å². The lowest BCUT2D eigenvalue weighted by molar-refractivity contribution is -0.122. The SMILES string of the molecule is CCc1nc(C)cn2nc(C3=CC(=O)N4C=C(N5CCN(CCO)[C@H](C)C5)C=C/C4=C\C=C3)cc12. The maximum absolute atomic E-state index is 13.4. The molecule has 182 valence electrons. The molecule has 8 nitrogen and oxygen atoms in total. The first-order valence-electron chi connectivity index (χ1n) is 12.3. The van der Waals surface area contributed by atoms with Crippen molar-refractivity contribution in [3.05, 3.63) is 83.4 Å². The van der Waals surface area contributed by atoms with Gasteiger partial charge in [-0.1, -0.05) is 19.1 Å². The van der Waals surface area contributed by atoms with Gasteiger partial charge in [0.2, 0.25) is 0 Å². The second-order valence-corrected chi connectivity index (χ2v) is 9.24. The van der Waals surface area contributed by atoms with Gasteiger partial charge in [0.1, 0.15) is 0 Å². The zero-order chi connectivity index (χ0) is 24.5. The molecule has 8 heteroatoms. The summed E-state index contributed by atoms with van der Waals surface area (Å²) in [7, 11) is 0. The number of piperazine rings is 1. The summed E-state index contributed by atoms with van der Waals surface area (Å²) in [5.41, 5.74) is 6.25. The predicted molar refractivity (Wildman–Crippen MR) is 136 cm³/mol. The lowest BCUT2D eigenvalue weighted by Crippen LogP contribution is -2.52. The second-order valence-electron chi connectivity index (χ2n) is 9.24. The average Bonchev–Trinajstić information content (AvgIpc) is 3.27. The Hall–Kier alpha value is -3.49. The fraction of sp³-hybridized carbons (Fsp3) is 0.370. The molecule has 1 fully saturated rings. The van der Waals surface area contributed by atoms with Crippen LogP contribution < -0.4 is 0 Å². The van der Waals surface area contributed by atoms with Crippen molar-refractivity contribution in [3.8, 4) is 0 Å². The first-order valence-corrected chi connectivity index (χ1v) is 12.3. The molecule has 0 saturated carbocycles. The first kappa shape index (κ1) is 23.3. The van der Waals surface area contributed by atoms with E-state index in [-0.39, 0.29) is 12.5 Å². The van der Waals surface area contributed by atoms with E-state index in [9.17, 15) is 9.90 Å². The Bertz CT molecular complexity index is 1300. The van der Waals surface area contributed by atoms with Crippen molar-refractivity contribution in [3.63, 3.8) is 0 Å². The Morgan fingerprint density at radius 1 is 1.17 bits per heavy atom. The first-order chi connectivity index (χ1) is 17.0. The van der Waals surface area contributed by atoms with Crippen molar-refractivity contribution < 1.29 is 9.90 Å². The van der Waals surface area contributed by atoms with Gasteiger partial charge in [-0.15, -0.1) is 0 Å². The van der Waals surface area contributed by atoms with Crippen LogP contribution in [0.5, 0.6) is 0 Å². The number of rotatable bonds is 5. The Morgan fingerprint density at radius 2 is 2.00 bits per heavy atom. The third-order valence-corrected chi connectivity index (χ3v) is 6.82. The Labute approximate surface area is 205 Å². The number of β-amino-alcohol motifs (C(OH)–C–C–N with tert-alkyl or cyclic N) is 1. The van der Waals surface area contributed by atoms with Crippen LogP contribution in [0.2, 0.25) is 0 Å². The van der Waals surface area contributed by atoms with E-state index in [0.717, 1.165) is 65.6 Å². The molecular formula is C27H32N6O2. The summed E-state index contributed by atoms with van der Waals surface area (Å²) in [6.07, 6.45) is 16.2. The third kappa shape index (κ3) is 4.59. The Morgan fingerprint density at radius 3 is 2.77 bits per heavy atom. The molecule has 1 saturated heterocycles. The number of aliphatic hydroxyl groups excluding tert-OH is 1. The van der Waals surface area contributed by atoms with Crippen molar-refractivity contribution >= 4 is 17.0 Å². The smallest absolute Gasteiger partial charge is 0.255 e. The fourth-order valence-electron chi connectivity index (χ4n) is 4.95. The summed E-state index contributed by atoms with van der Waals surface area (Å²) in [6, 6.07) is 2.34. The van der Waals surface area contributed by atoms with Crippen molar-refractivity contribution in [2.45, 2.75) is 33.2 Å². The third-order valence-electron chi connectivity index (χ3n) is 6.82. The molecule has 0 radical (unpaired) electrons. The Kier molecular flexibility index (Phi) is 6.40. The molecule has 1 atom stereocenters. The molecule has 0 bridgehead atoms. The van der Waals surface area contributed by atoms with Gasteiger partial charge in [0, 0.05) is 55.8 Å². The molecule has 2 aromatic rings. The molecule has 3 aliphatic heterocycles. The summed E-state index contributed by atoms with van der Waals surface area (Å²) in [5.74, 6) is -0.105. The fourth-order valence-corrected chi connectivity index (χ4v) is 4.95. The number of aryl methyl sites for hydroxylation is 2. The molecule has 0 aliphatic carbocycles. The van der Waals surface area contributed by atoms with E-state index < -0.39 is 0 Å². The molecular weight excluding hydrogens is 440 g/mol. The van der Waals surface area contributed by atoms with Crippen LogP contribution in [-0.4, -0.2) is 79.1 Å². The molecule has 0 unspecified atom stereocenters. The van der Waals surface area contributed by atoms with Crippen molar-refractivity contribution in [2.24, 2.45) is 0 Å². The monoisotopic (exact) mass is 472 g/mol. The summed E-state index contributed by atoms with van der Waals surface area (Å²) >= 11 is 0. The molecule has 1 N–H and O–H groups in total. The summed E-state index contributed by atoms with van der Waals surface area (Å²) in [6.45, 7) is 9.69. The maximum Gasteiger partial charge on any atom is 0.255 e. The van der Waals surface area contributed by atoms with E-state index in [1.54, 1.807) is 11.0 Å². The van der Waals surface area contributed by atoms with Gasteiger partial charge >= 0.3 is 0 Å². The zero-order valence-electron chi connectivity index (χ0n) is 20.6. The number of carbonyl (C=O) groups is 1. The molecule has 0 aromatic carbocycles. The van der Waals surface area contributed by atoms with Gasteiger partial charge in [-0.05, 0) is 44.6 Å². The predicted octanol–water partition coefficient (Wildman–Crippen LogP) is 2.68. The van der Waals surface area contributed by atoms with Gasteiger partial charge in [-0.3, -0.25) is 19.6 Å². The number of aromatic nitrogens is 3. The number of hydrogen-bond acceptors (Lipinski definition) is 6. The number of nitrogens with zero attached hydrogens (tertiary/aromatic N) is 6. The molecule has 35 heavy (non-hydrogen) atoms. The minimum Gasteiger partial charge on any atom is -0.395 e. The number of hydrogen-bond donors (Lipinski definition) is 1. The molecule has 5 heterocycles. The lowest BCUT2D eigenvalue weighted by Gasteiger charge is -2.42. The van der Waals surface area contributed by atoms with E-state index in [4.69, 9.17) is 5.10 Å². The van der Waals surface area contributed by atoms with Crippen LogP contribution in [0.25, 0.3) is 11.1 Å². The zero-order valence-corrected chi connectivity index (χ0v) is 20.6. The molecule has 3 aliphatic rings. The number of carbonyl (C=O) groups excluding carboxylic acids is 1. The van der Waals surface area contributed by atoms with Gasteiger partial charge in [0.15, 0.2) is 0 Å². The minimum absolute atomic E-state index is 0.105. The van der Waals surface area contributed by atoms with Gasteiger partial charge in [-0.2, -0.15) is 5.10 Å². The van der Waals surface area contributed by atoms with Crippen LogP contribution >= 0.6 is 0 Å². The highest BCUT2D eigenvalue weighted by molar-refractivity contribution is 5.99. The summed E-state index contributed by atoms with van der Waals surface area (Å²) < 4.78 is 1.86. The summed E-state index contributed by atoms with van der Waals surface area (Å²) in [5, 5.41) is 14.0. The second kappa shape index (κ2) is 9.64. The van der Waals surface area contributed by atoms with Crippen LogP contribution in [0.1, 0.15) is 30.9 Å². The largest absolute Gasteiger partial charge is 0.395 e. The van der Waals surface area contributed by atoms with E-state index in [2.05, 4.69) is 34.7 Å². The lowest BCUT2D eigenvalue weighted by atomic mass is 10.1. The van der Waals surface area contributed by atoms with Gasteiger partial charge in [-0.25, -0.2) is 4.52 Å².